The molecule has 20 heavy (non-hydrogen) atoms. The van der Waals surface area contributed by atoms with Gasteiger partial charge in [0.1, 0.15) is 6.10 Å². The fraction of sp³-hybridized carbons (Fsp3) is 0.600. The second-order valence-corrected chi connectivity index (χ2v) is 6.66. The highest BCUT2D eigenvalue weighted by atomic mass is 35.5. The van der Waals surface area contributed by atoms with Gasteiger partial charge in [-0.1, -0.05) is 11.6 Å². The first-order valence-corrected chi connectivity index (χ1v) is 7.17. The molecule has 0 aromatic heterocycles. The Hall–Kier alpha value is -0.970. The van der Waals surface area contributed by atoms with Crippen LogP contribution in [0.5, 0.6) is 11.5 Å². The summed E-state index contributed by atoms with van der Waals surface area (Å²) >= 11 is 6.15. The molecule has 0 unspecified atom stereocenters. The molecule has 4 nitrogen and oxygen atoms in total. The van der Waals surface area contributed by atoms with Crippen LogP contribution in [0, 0.1) is 0 Å². The molecule has 1 aromatic rings. The van der Waals surface area contributed by atoms with Gasteiger partial charge < -0.3 is 15.2 Å². The Bertz CT molecular complexity index is 479. The summed E-state index contributed by atoms with van der Waals surface area (Å²) < 4.78 is 11.5. The third kappa shape index (κ3) is 3.78. The highest BCUT2D eigenvalue weighted by Crippen LogP contribution is 2.37. The monoisotopic (exact) mass is 298 g/mol. The lowest BCUT2D eigenvalue weighted by atomic mass is 9.95. The van der Waals surface area contributed by atoms with Gasteiger partial charge in [0.25, 0.3) is 0 Å². The minimum absolute atomic E-state index is 0.203. The summed E-state index contributed by atoms with van der Waals surface area (Å²) in [6.45, 7) is 5.83. The predicted octanol–water partition coefficient (Wildman–Crippen LogP) is 2.32. The van der Waals surface area contributed by atoms with Crippen LogP contribution in [-0.2, 0) is 6.42 Å². The van der Waals surface area contributed by atoms with Crippen molar-refractivity contribution < 1.29 is 9.47 Å². The Morgan fingerprint density at radius 2 is 2.05 bits per heavy atom. The maximum absolute atomic E-state index is 6.15. The number of halogens is 1. The molecule has 112 valence electrons. The van der Waals surface area contributed by atoms with E-state index in [1.165, 1.54) is 0 Å². The lowest BCUT2D eigenvalue weighted by Gasteiger charge is -2.37. The lowest BCUT2D eigenvalue weighted by Crippen LogP contribution is -2.51. The SMILES string of the molecule is COc1cc(Cl)cc(CC(C)(C)N)c1OC1CN(C)C1. The van der Waals surface area contributed by atoms with E-state index in [0.717, 1.165) is 24.4 Å². The molecule has 0 saturated carbocycles. The van der Waals surface area contributed by atoms with E-state index < -0.39 is 0 Å². The zero-order valence-corrected chi connectivity index (χ0v) is 13.3. The van der Waals surface area contributed by atoms with Gasteiger partial charge in [-0.25, -0.2) is 0 Å². The van der Waals surface area contributed by atoms with Crippen molar-refractivity contribution in [1.29, 1.82) is 0 Å². The fourth-order valence-electron chi connectivity index (χ4n) is 2.41. The van der Waals surface area contributed by atoms with Crippen molar-refractivity contribution in [2.45, 2.75) is 31.9 Å². The van der Waals surface area contributed by atoms with Crippen molar-refractivity contribution in [3.63, 3.8) is 0 Å². The van der Waals surface area contributed by atoms with Gasteiger partial charge in [0.15, 0.2) is 11.5 Å². The van der Waals surface area contributed by atoms with E-state index >= 15 is 0 Å². The van der Waals surface area contributed by atoms with Crippen molar-refractivity contribution in [1.82, 2.24) is 4.90 Å². The van der Waals surface area contributed by atoms with Crippen molar-refractivity contribution in [2.24, 2.45) is 5.73 Å². The Balaban J connectivity index is 2.29. The number of methoxy groups -OCH3 is 1. The summed E-state index contributed by atoms with van der Waals surface area (Å²) in [6.07, 6.45) is 0.886. The first-order valence-electron chi connectivity index (χ1n) is 6.79. The Morgan fingerprint density at radius 1 is 1.40 bits per heavy atom. The number of benzene rings is 1. The zero-order valence-electron chi connectivity index (χ0n) is 12.6. The molecule has 1 saturated heterocycles. The van der Waals surface area contributed by atoms with Crippen molar-refractivity contribution in [3.8, 4) is 11.5 Å². The molecule has 0 spiro atoms. The van der Waals surface area contributed by atoms with Gasteiger partial charge in [-0.3, -0.25) is 4.90 Å². The number of likely N-dealkylation sites (tertiary alicyclic amines) is 1. The number of hydrogen-bond acceptors (Lipinski definition) is 4. The van der Waals surface area contributed by atoms with Crippen LogP contribution < -0.4 is 15.2 Å². The third-order valence-corrected chi connectivity index (χ3v) is 3.50. The van der Waals surface area contributed by atoms with Crippen molar-refractivity contribution in [3.05, 3.63) is 22.7 Å². The Kier molecular flexibility index (Phi) is 4.47. The normalized spacial score (nSPS) is 16.9. The van der Waals surface area contributed by atoms with E-state index in [4.69, 9.17) is 26.8 Å². The first-order chi connectivity index (χ1) is 9.28. The highest BCUT2D eigenvalue weighted by molar-refractivity contribution is 6.30. The number of rotatable bonds is 5. The van der Waals surface area contributed by atoms with Crippen LogP contribution in [0.2, 0.25) is 5.02 Å². The maximum Gasteiger partial charge on any atom is 0.165 e. The van der Waals surface area contributed by atoms with Crippen LogP contribution in [-0.4, -0.2) is 43.8 Å². The molecule has 1 heterocycles. The number of ether oxygens (including phenoxy) is 2. The molecule has 2 rings (SSSR count). The summed E-state index contributed by atoms with van der Waals surface area (Å²) in [5, 5.41) is 0.638. The van der Waals surface area contributed by atoms with Gasteiger partial charge >= 0.3 is 0 Å². The Morgan fingerprint density at radius 3 is 2.55 bits per heavy atom. The number of hydrogen-bond donors (Lipinski definition) is 1. The molecule has 0 atom stereocenters. The molecular formula is C15H23ClN2O2. The van der Waals surface area contributed by atoms with Gasteiger partial charge in [-0.05, 0) is 33.4 Å². The Labute approximate surface area is 125 Å². The van der Waals surface area contributed by atoms with Crippen LogP contribution in [0.15, 0.2) is 12.1 Å². The number of likely N-dealkylation sites (N-methyl/N-ethyl adjacent to an activating group) is 1. The van der Waals surface area contributed by atoms with Gasteiger partial charge in [0.2, 0.25) is 0 Å². The largest absolute Gasteiger partial charge is 0.493 e. The van der Waals surface area contributed by atoms with Crippen LogP contribution in [0.3, 0.4) is 0 Å². The average molecular weight is 299 g/mol. The first kappa shape index (κ1) is 15.4. The minimum atomic E-state index is -0.329. The van der Waals surface area contributed by atoms with Crippen molar-refractivity contribution in [2.75, 3.05) is 27.2 Å². The minimum Gasteiger partial charge on any atom is -0.493 e. The van der Waals surface area contributed by atoms with Gasteiger partial charge in [0, 0.05) is 35.3 Å². The number of nitrogens with zero attached hydrogens (tertiary/aromatic N) is 1. The maximum atomic E-state index is 6.15. The molecule has 2 N–H and O–H groups in total. The summed E-state index contributed by atoms with van der Waals surface area (Å²) in [5.41, 5.74) is 6.80. The van der Waals surface area contributed by atoms with E-state index in [-0.39, 0.29) is 11.6 Å². The van der Waals surface area contributed by atoms with Crippen LogP contribution in [0.1, 0.15) is 19.4 Å². The smallest absolute Gasteiger partial charge is 0.165 e. The van der Waals surface area contributed by atoms with Crippen LogP contribution in [0.4, 0.5) is 0 Å². The van der Waals surface area contributed by atoms with E-state index in [9.17, 15) is 0 Å². The van der Waals surface area contributed by atoms with Crippen LogP contribution in [0.25, 0.3) is 0 Å². The zero-order chi connectivity index (χ0) is 14.9. The quantitative estimate of drug-likeness (QED) is 0.906. The molecular weight excluding hydrogens is 276 g/mol. The fourth-order valence-corrected chi connectivity index (χ4v) is 2.64. The molecule has 1 aliphatic rings. The molecule has 0 bridgehead atoms. The topological polar surface area (TPSA) is 47.7 Å². The van der Waals surface area contributed by atoms with E-state index in [1.54, 1.807) is 13.2 Å². The van der Waals surface area contributed by atoms with E-state index in [0.29, 0.717) is 17.2 Å². The highest BCUT2D eigenvalue weighted by Gasteiger charge is 2.28. The molecule has 0 radical (unpaired) electrons. The molecule has 5 heteroatoms. The summed E-state index contributed by atoms with van der Waals surface area (Å²) in [4.78, 5) is 2.21. The molecule has 1 fully saturated rings. The molecule has 1 aliphatic heterocycles. The van der Waals surface area contributed by atoms with Gasteiger partial charge in [-0.2, -0.15) is 0 Å². The lowest BCUT2D eigenvalue weighted by molar-refractivity contribution is 0.0361. The average Bonchev–Trinajstić information content (AvgIpc) is 2.27. The van der Waals surface area contributed by atoms with E-state index in [2.05, 4.69) is 11.9 Å². The second kappa shape index (κ2) is 5.80. The third-order valence-electron chi connectivity index (χ3n) is 3.28. The summed E-state index contributed by atoms with van der Waals surface area (Å²) in [5.74, 6) is 1.44. The number of nitrogens with two attached hydrogens (primary N) is 1. The summed E-state index contributed by atoms with van der Waals surface area (Å²) in [7, 11) is 3.70. The molecule has 1 aromatic carbocycles. The second-order valence-electron chi connectivity index (χ2n) is 6.22. The van der Waals surface area contributed by atoms with Crippen LogP contribution >= 0.6 is 11.6 Å². The molecule has 0 aliphatic carbocycles. The standard InChI is InChI=1S/C15H23ClN2O2/c1-15(2,17)7-10-5-11(16)6-13(19-4)14(10)20-12-8-18(3)9-12/h5-6,12H,7-9,17H2,1-4H3. The summed E-state index contributed by atoms with van der Waals surface area (Å²) in [6, 6.07) is 3.70. The van der Waals surface area contributed by atoms with E-state index in [1.807, 2.05) is 19.9 Å². The van der Waals surface area contributed by atoms with Crippen molar-refractivity contribution >= 4 is 11.6 Å². The molecule has 0 amide bonds. The van der Waals surface area contributed by atoms with Gasteiger partial charge in [0.05, 0.1) is 7.11 Å². The predicted molar refractivity (Wildman–Crippen MR) is 81.9 cm³/mol. The van der Waals surface area contributed by atoms with Gasteiger partial charge in [-0.15, -0.1) is 0 Å².